The number of carbonyl (C=O) groups excluding carboxylic acids is 2. The number of anilines is 2. The number of amides is 1. The molecule has 1 aromatic rings. The standard InChI is InChI=1S/C14H18N2O3/c1-4-19-13(17)7-12-14(18)16-11-6-9(3)8(2)5-10(11)15-12/h5-6,12,15H,4,7H2,1-3H3,(H,16,18). The summed E-state index contributed by atoms with van der Waals surface area (Å²) < 4.78 is 4.86. The second kappa shape index (κ2) is 5.30. The van der Waals surface area contributed by atoms with Crippen molar-refractivity contribution >= 4 is 23.3 Å². The predicted molar refractivity (Wildman–Crippen MR) is 73.2 cm³/mol. The van der Waals surface area contributed by atoms with Crippen LogP contribution < -0.4 is 10.6 Å². The van der Waals surface area contributed by atoms with Gasteiger partial charge in [-0.3, -0.25) is 9.59 Å². The summed E-state index contributed by atoms with van der Waals surface area (Å²) >= 11 is 0. The van der Waals surface area contributed by atoms with Crippen LogP contribution in [0.3, 0.4) is 0 Å². The van der Waals surface area contributed by atoms with Crippen LogP contribution in [0.4, 0.5) is 11.4 Å². The van der Waals surface area contributed by atoms with Crippen molar-refractivity contribution in [2.24, 2.45) is 0 Å². The van der Waals surface area contributed by atoms with E-state index in [0.29, 0.717) is 6.61 Å². The van der Waals surface area contributed by atoms with E-state index in [0.717, 1.165) is 22.5 Å². The molecular weight excluding hydrogens is 244 g/mol. The summed E-state index contributed by atoms with van der Waals surface area (Å²) in [6.07, 6.45) is 0.0338. The van der Waals surface area contributed by atoms with Crippen molar-refractivity contribution in [1.82, 2.24) is 0 Å². The molecule has 2 rings (SSSR count). The monoisotopic (exact) mass is 262 g/mol. The summed E-state index contributed by atoms with van der Waals surface area (Å²) in [4.78, 5) is 23.4. The summed E-state index contributed by atoms with van der Waals surface area (Å²) in [6, 6.07) is 3.33. The van der Waals surface area contributed by atoms with Gasteiger partial charge in [0.1, 0.15) is 6.04 Å². The first-order valence-electron chi connectivity index (χ1n) is 6.35. The van der Waals surface area contributed by atoms with Gasteiger partial charge in [0, 0.05) is 0 Å². The molecule has 102 valence electrons. The summed E-state index contributed by atoms with van der Waals surface area (Å²) in [5, 5.41) is 5.91. The van der Waals surface area contributed by atoms with Gasteiger partial charge in [-0.25, -0.2) is 0 Å². The first kappa shape index (κ1) is 13.4. The lowest BCUT2D eigenvalue weighted by Crippen LogP contribution is -2.40. The van der Waals surface area contributed by atoms with Crippen LogP contribution in [0, 0.1) is 13.8 Å². The maximum Gasteiger partial charge on any atom is 0.308 e. The number of nitrogens with one attached hydrogen (secondary N) is 2. The highest BCUT2D eigenvalue weighted by Gasteiger charge is 2.28. The molecule has 0 radical (unpaired) electrons. The Morgan fingerprint density at radius 1 is 1.26 bits per heavy atom. The molecule has 1 heterocycles. The maximum absolute atomic E-state index is 11.9. The fourth-order valence-electron chi connectivity index (χ4n) is 2.04. The van der Waals surface area contributed by atoms with Crippen LogP contribution in [0.2, 0.25) is 0 Å². The largest absolute Gasteiger partial charge is 0.466 e. The minimum atomic E-state index is -0.575. The minimum absolute atomic E-state index is 0.0338. The second-order valence-electron chi connectivity index (χ2n) is 4.68. The fourth-order valence-corrected chi connectivity index (χ4v) is 2.04. The number of carbonyl (C=O) groups is 2. The number of hydrogen-bond donors (Lipinski definition) is 2. The van der Waals surface area contributed by atoms with Crippen LogP contribution in [0.15, 0.2) is 12.1 Å². The van der Waals surface area contributed by atoms with Gasteiger partial charge >= 0.3 is 5.97 Å². The van der Waals surface area contributed by atoms with Crippen molar-refractivity contribution in [3.05, 3.63) is 23.3 Å². The number of benzene rings is 1. The lowest BCUT2D eigenvalue weighted by atomic mass is 10.0. The van der Waals surface area contributed by atoms with Gasteiger partial charge in [0.2, 0.25) is 5.91 Å². The molecule has 5 nitrogen and oxygen atoms in total. The molecule has 1 aromatic carbocycles. The van der Waals surface area contributed by atoms with Crippen molar-refractivity contribution in [3.63, 3.8) is 0 Å². The van der Waals surface area contributed by atoms with Crippen molar-refractivity contribution in [1.29, 1.82) is 0 Å². The third-order valence-electron chi connectivity index (χ3n) is 3.21. The fraction of sp³-hybridized carbons (Fsp3) is 0.429. The predicted octanol–water partition coefficient (Wildman–Crippen LogP) is 1.99. The van der Waals surface area contributed by atoms with Gasteiger partial charge in [-0.15, -0.1) is 0 Å². The second-order valence-corrected chi connectivity index (χ2v) is 4.68. The number of fused-ring (bicyclic) bond motifs is 1. The van der Waals surface area contributed by atoms with Gasteiger partial charge in [-0.05, 0) is 44.0 Å². The van der Waals surface area contributed by atoms with Crippen LogP contribution in [0.25, 0.3) is 0 Å². The molecule has 2 N–H and O–H groups in total. The quantitative estimate of drug-likeness (QED) is 0.817. The van der Waals surface area contributed by atoms with E-state index in [9.17, 15) is 9.59 Å². The Balaban J connectivity index is 2.17. The summed E-state index contributed by atoms with van der Waals surface area (Å²) in [5.41, 5.74) is 3.85. The Kier molecular flexibility index (Phi) is 3.74. The van der Waals surface area contributed by atoms with E-state index in [1.54, 1.807) is 6.92 Å². The lowest BCUT2D eigenvalue weighted by Gasteiger charge is -2.27. The van der Waals surface area contributed by atoms with E-state index in [1.165, 1.54) is 0 Å². The molecule has 1 aliphatic heterocycles. The van der Waals surface area contributed by atoms with Crippen LogP contribution >= 0.6 is 0 Å². The van der Waals surface area contributed by atoms with Crippen LogP contribution in [0.5, 0.6) is 0 Å². The van der Waals surface area contributed by atoms with Crippen LogP contribution in [0.1, 0.15) is 24.5 Å². The van der Waals surface area contributed by atoms with Gasteiger partial charge in [-0.2, -0.15) is 0 Å². The number of esters is 1. The van der Waals surface area contributed by atoms with Crippen molar-refractivity contribution in [2.45, 2.75) is 33.2 Å². The lowest BCUT2D eigenvalue weighted by molar-refractivity contribution is -0.144. The smallest absolute Gasteiger partial charge is 0.308 e. The third kappa shape index (κ3) is 2.86. The molecule has 1 aliphatic rings. The Hall–Kier alpha value is -2.04. The average Bonchev–Trinajstić information content (AvgIpc) is 2.33. The molecule has 1 unspecified atom stereocenters. The van der Waals surface area contributed by atoms with Gasteiger partial charge < -0.3 is 15.4 Å². The van der Waals surface area contributed by atoms with E-state index < -0.39 is 6.04 Å². The van der Waals surface area contributed by atoms with E-state index in [4.69, 9.17) is 4.74 Å². The van der Waals surface area contributed by atoms with Crippen molar-refractivity contribution in [3.8, 4) is 0 Å². The van der Waals surface area contributed by atoms with Gasteiger partial charge in [0.25, 0.3) is 0 Å². The summed E-state index contributed by atoms with van der Waals surface area (Å²) in [7, 11) is 0. The molecule has 0 saturated heterocycles. The zero-order chi connectivity index (χ0) is 14.0. The topological polar surface area (TPSA) is 67.4 Å². The van der Waals surface area contributed by atoms with Gasteiger partial charge in [0.05, 0.1) is 24.4 Å². The van der Waals surface area contributed by atoms with E-state index in [2.05, 4.69) is 10.6 Å². The van der Waals surface area contributed by atoms with Gasteiger partial charge in [-0.1, -0.05) is 0 Å². The molecule has 0 fully saturated rings. The van der Waals surface area contributed by atoms with Crippen LogP contribution in [-0.2, 0) is 14.3 Å². The maximum atomic E-state index is 11.9. The first-order valence-corrected chi connectivity index (χ1v) is 6.35. The zero-order valence-corrected chi connectivity index (χ0v) is 11.4. The molecule has 0 aliphatic carbocycles. The number of rotatable bonds is 3. The highest BCUT2D eigenvalue weighted by molar-refractivity contribution is 6.04. The Labute approximate surface area is 112 Å². The molecule has 0 spiro atoms. The third-order valence-corrected chi connectivity index (χ3v) is 3.21. The van der Waals surface area contributed by atoms with Gasteiger partial charge in [0.15, 0.2) is 0 Å². The minimum Gasteiger partial charge on any atom is -0.466 e. The Morgan fingerprint density at radius 2 is 1.89 bits per heavy atom. The average molecular weight is 262 g/mol. The summed E-state index contributed by atoms with van der Waals surface area (Å²) in [5.74, 6) is -0.578. The molecule has 0 aromatic heterocycles. The van der Waals surface area contributed by atoms with Crippen molar-refractivity contribution in [2.75, 3.05) is 17.2 Å². The Morgan fingerprint density at radius 3 is 2.53 bits per heavy atom. The number of aryl methyl sites for hydroxylation is 2. The molecule has 19 heavy (non-hydrogen) atoms. The number of ether oxygens (including phenoxy) is 1. The summed E-state index contributed by atoms with van der Waals surface area (Å²) in [6.45, 7) is 6.07. The van der Waals surface area contributed by atoms with E-state index >= 15 is 0 Å². The molecule has 0 saturated carbocycles. The molecule has 1 amide bonds. The van der Waals surface area contributed by atoms with Crippen LogP contribution in [-0.4, -0.2) is 24.5 Å². The van der Waals surface area contributed by atoms with E-state index in [1.807, 2.05) is 26.0 Å². The molecule has 5 heteroatoms. The normalized spacial score (nSPS) is 17.2. The van der Waals surface area contributed by atoms with E-state index in [-0.39, 0.29) is 18.3 Å². The highest BCUT2D eigenvalue weighted by atomic mass is 16.5. The molecule has 1 atom stereocenters. The Bertz CT molecular complexity index is 526. The molecule has 0 bridgehead atoms. The van der Waals surface area contributed by atoms with Crippen molar-refractivity contribution < 1.29 is 14.3 Å². The first-order chi connectivity index (χ1) is 9.01. The zero-order valence-electron chi connectivity index (χ0n) is 11.4. The highest BCUT2D eigenvalue weighted by Crippen LogP contribution is 2.30. The molecular formula is C14H18N2O3. The number of hydrogen-bond acceptors (Lipinski definition) is 4. The SMILES string of the molecule is CCOC(=O)CC1Nc2cc(C)c(C)cc2NC1=O.